The fourth-order valence-electron chi connectivity index (χ4n) is 8.32. The van der Waals surface area contributed by atoms with Crippen LogP contribution in [-0.4, -0.2) is 4.57 Å². The Kier molecular flexibility index (Phi) is 6.76. The summed E-state index contributed by atoms with van der Waals surface area (Å²) >= 11 is 1.86. The van der Waals surface area contributed by atoms with Gasteiger partial charge >= 0.3 is 0 Å². The lowest BCUT2D eigenvalue weighted by molar-refractivity contribution is 1.18. The summed E-state index contributed by atoms with van der Waals surface area (Å²) in [5.74, 6) is 0. The van der Waals surface area contributed by atoms with Crippen LogP contribution >= 0.6 is 11.3 Å². The first-order valence-electron chi connectivity index (χ1n) is 18.1. The number of anilines is 3. The lowest BCUT2D eigenvalue weighted by atomic mass is 9.93. The maximum atomic E-state index is 2.47. The standard InChI is InChI=1S/C50H32N2S/c1-3-16-37(17-4-1)51(40-25-27-43-42-21-11-12-22-47(42)53-48(43)32-40)39-26-28-46-45(31-39)49-44(36-24-23-33-13-7-8-14-34(33)29-36)30-35-15-9-10-20-41(35)50(49)52(46)38-18-5-2-6-19-38/h1-32H. The Balaban J connectivity index is 1.24. The van der Waals surface area contributed by atoms with Crippen molar-refractivity contribution in [2.75, 3.05) is 4.90 Å². The molecule has 0 saturated heterocycles. The lowest BCUT2D eigenvalue weighted by Gasteiger charge is -2.26. The molecular formula is C50H32N2S. The average Bonchev–Trinajstić information content (AvgIpc) is 3.77. The smallest absolute Gasteiger partial charge is 0.0625 e. The Bertz CT molecular complexity index is 3170. The van der Waals surface area contributed by atoms with Crippen molar-refractivity contribution in [1.29, 1.82) is 0 Å². The number of hydrogen-bond acceptors (Lipinski definition) is 2. The van der Waals surface area contributed by atoms with Crippen molar-refractivity contribution < 1.29 is 0 Å². The normalized spacial score (nSPS) is 11.8. The minimum Gasteiger partial charge on any atom is -0.310 e. The van der Waals surface area contributed by atoms with Crippen LogP contribution in [0.1, 0.15) is 0 Å². The van der Waals surface area contributed by atoms with Crippen LogP contribution in [0, 0.1) is 0 Å². The van der Waals surface area contributed by atoms with Crippen LogP contribution < -0.4 is 4.90 Å². The zero-order chi connectivity index (χ0) is 34.9. The second kappa shape index (κ2) is 11.9. The molecule has 248 valence electrons. The van der Waals surface area contributed by atoms with E-state index in [1.54, 1.807) is 0 Å². The maximum Gasteiger partial charge on any atom is 0.0625 e. The van der Waals surface area contributed by atoms with Gasteiger partial charge in [0.25, 0.3) is 0 Å². The highest BCUT2D eigenvalue weighted by Crippen LogP contribution is 2.46. The van der Waals surface area contributed by atoms with Gasteiger partial charge in [-0.3, -0.25) is 0 Å². The fraction of sp³-hybridized carbons (Fsp3) is 0. The molecular weight excluding hydrogens is 661 g/mol. The third kappa shape index (κ3) is 4.78. The highest BCUT2D eigenvalue weighted by atomic mass is 32.1. The molecule has 3 heteroatoms. The molecule has 0 unspecified atom stereocenters. The van der Waals surface area contributed by atoms with E-state index in [0.717, 1.165) is 22.7 Å². The van der Waals surface area contributed by atoms with Crippen LogP contribution in [0.15, 0.2) is 194 Å². The van der Waals surface area contributed by atoms with Crippen LogP contribution in [0.2, 0.25) is 0 Å². The SMILES string of the molecule is c1ccc(N(c2ccc3c(c2)sc2ccccc23)c2ccc3c(c2)c2c(-c4ccc5ccccc5c4)cc4ccccc4c2n3-c2ccccc2)cc1. The van der Waals surface area contributed by atoms with Crippen LogP contribution in [0.5, 0.6) is 0 Å². The van der Waals surface area contributed by atoms with E-state index >= 15 is 0 Å². The number of benzene rings is 9. The van der Waals surface area contributed by atoms with E-state index in [0.29, 0.717) is 0 Å². The van der Waals surface area contributed by atoms with E-state index in [-0.39, 0.29) is 0 Å². The quantitative estimate of drug-likeness (QED) is 0.174. The summed E-state index contributed by atoms with van der Waals surface area (Å²) in [5, 5.41) is 10.0. The number of hydrogen-bond donors (Lipinski definition) is 0. The summed E-state index contributed by atoms with van der Waals surface area (Å²) in [6.07, 6.45) is 0. The van der Waals surface area contributed by atoms with Gasteiger partial charge in [-0.2, -0.15) is 0 Å². The molecule has 9 aromatic carbocycles. The summed E-state index contributed by atoms with van der Waals surface area (Å²) in [6.45, 7) is 0. The van der Waals surface area contributed by atoms with Gasteiger partial charge < -0.3 is 9.47 Å². The van der Waals surface area contributed by atoms with E-state index in [9.17, 15) is 0 Å². The second-order valence-corrected chi connectivity index (χ2v) is 14.8. The van der Waals surface area contributed by atoms with Crippen molar-refractivity contribution in [3.63, 3.8) is 0 Å². The first kappa shape index (κ1) is 30.0. The van der Waals surface area contributed by atoms with Crippen LogP contribution in [0.4, 0.5) is 17.1 Å². The van der Waals surface area contributed by atoms with Crippen molar-refractivity contribution in [3.8, 4) is 16.8 Å². The van der Waals surface area contributed by atoms with E-state index in [1.165, 1.54) is 74.6 Å². The number of thiophene rings is 1. The molecule has 0 radical (unpaired) electrons. The van der Waals surface area contributed by atoms with Gasteiger partial charge in [0.2, 0.25) is 0 Å². The minimum absolute atomic E-state index is 1.12. The van der Waals surface area contributed by atoms with Gasteiger partial charge in [0.15, 0.2) is 0 Å². The molecule has 0 aliphatic carbocycles. The Morgan fingerprint density at radius 2 is 1.06 bits per heavy atom. The highest BCUT2D eigenvalue weighted by molar-refractivity contribution is 7.25. The summed E-state index contributed by atoms with van der Waals surface area (Å²) in [7, 11) is 0. The van der Waals surface area contributed by atoms with Crippen molar-refractivity contribution >= 4 is 91.9 Å². The maximum absolute atomic E-state index is 2.47. The van der Waals surface area contributed by atoms with Crippen LogP contribution in [-0.2, 0) is 0 Å². The number of nitrogens with zero attached hydrogens (tertiary/aromatic N) is 2. The van der Waals surface area contributed by atoms with Gasteiger partial charge in [-0.1, -0.05) is 121 Å². The second-order valence-electron chi connectivity index (χ2n) is 13.8. The number of aromatic nitrogens is 1. The minimum atomic E-state index is 1.12. The number of para-hydroxylation sites is 2. The first-order chi connectivity index (χ1) is 26.3. The topological polar surface area (TPSA) is 8.17 Å². The highest BCUT2D eigenvalue weighted by Gasteiger charge is 2.22. The van der Waals surface area contributed by atoms with Crippen LogP contribution in [0.3, 0.4) is 0 Å². The number of fused-ring (bicyclic) bond motifs is 9. The summed E-state index contributed by atoms with van der Waals surface area (Å²) in [5.41, 5.74) is 9.39. The number of rotatable bonds is 5. The predicted octanol–water partition coefficient (Wildman–Crippen LogP) is 14.6. The lowest BCUT2D eigenvalue weighted by Crippen LogP contribution is -2.09. The Morgan fingerprint density at radius 3 is 1.91 bits per heavy atom. The molecule has 0 saturated carbocycles. The van der Waals surface area contributed by atoms with Gasteiger partial charge in [0, 0.05) is 59.1 Å². The van der Waals surface area contributed by atoms with Crippen molar-refractivity contribution in [3.05, 3.63) is 194 Å². The van der Waals surface area contributed by atoms with Gasteiger partial charge in [-0.05, 0) is 100 Å². The summed E-state index contributed by atoms with van der Waals surface area (Å²) in [6, 6.07) is 71.1. The molecule has 0 amide bonds. The van der Waals surface area contributed by atoms with E-state index in [4.69, 9.17) is 0 Å². The summed E-state index contributed by atoms with van der Waals surface area (Å²) in [4.78, 5) is 2.41. The van der Waals surface area contributed by atoms with Gasteiger partial charge in [0.05, 0.1) is 11.0 Å². The summed E-state index contributed by atoms with van der Waals surface area (Å²) < 4.78 is 5.07. The van der Waals surface area contributed by atoms with Gasteiger partial charge in [-0.25, -0.2) is 0 Å². The third-order valence-corrected chi connectivity index (χ3v) is 11.8. The predicted molar refractivity (Wildman–Crippen MR) is 229 cm³/mol. The molecule has 0 spiro atoms. The molecule has 0 N–H and O–H groups in total. The Labute approximate surface area is 311 Å². The molecule has 0 aliphatic rings. The monoisotopic (exact) mass is 692 g/mol. The fourth-order valence-corrected chi connectivity index (χ4v) is 9.46. The molecule has 2 nitrogen and oxygen atoms in total. The Hall–Kier alpha value is -6.68. The molecule has 0 bridgehead atoms. The molecule has 2 aromatic heterocycles. The van der Waals surface area contributed by atoms with E-state index in [2.05, 4.69) is 204 Å². The van der Waals surface area contributed by atoms with Crippen LogP contribution in [0.25, 0.3) is 80.3 Å². The zero-order valence-electron chi connectivity index (χ0n) is 28.8. The molecule has 11 aromatic rings. The van der Waals surface area contributed by atoms with Gasteiger partial charge in [-0.15, -0.1) is 11.3 Å². The Morgan fingerprint density at radius 1 is 0.396 bits per heavy atom. The molecule has 0 aliphatic heterocycles. The third-order valence-electron chi connectivity index (χ3n) is 10.7. The van der Waals surface area contributed by atoms with E-state index < -0.39 is 0 Å². The van der Waals surface area contributed by atoms with Crippen molar-refractivity contribution in [2.24, 2.45) is 0 Å². The molecule has 2 heterocycles. The van der Waals surface area contributed by atoms with Crippen molar-refractivity contribution in [1.82, 2.24) is 4.57 Å². The average molecular weight is 693 g/mol. The largest absolute Gasteiger partial charge is 0.310 e. The zero-order valence-corrected chi connectivity index (χ0v) is 29.6. The van der Waals surface area contributed by atoms with Crippen molar-refractivity contribution in [2.45, 2.75) is 0 Å². The molecule has 53 heavy (non-hydrogen) atoms. The van der Waals surface area contributed by atoms with E-state index in [1.807, 2.05) is 11.3 Å². The van der Waals surface area contributed by atoms with Gasteiger partial charge in [0.1, 0.15) is 0 Å². The molecule has 0 atom stereocenters. The first-order valence-corrected chi connectivity index (χ1v) is 18.9. The molecule has 11 rings (SSSR count). The molecule has 0 fully saturated rings.